The van der Waals surface area contributed by atoms with E-state index in [1.807, 2.05) is 27.7 Å². The number of aromatic nitrogens is 2. The van der Waals surface area contributed by atoms with E-state index in [0.717, 1.165) is 11.6 Å². The minimum absolute atomic E-state index is 0.240. The first-order valence-corrected chi connectivity index (χ1v) is 6.81. The maximum absolute atomic E-state index is 11.5. The van der Waals surface area contributed by atoms with Gasteiger partial charge in [-0.25, -0.2) is 9.97 Å². The van der Waals surface area contributed by atoms with E-state index in [1.165, 1.54) is 11.8 Å². The molecule has 0 aliphatic heterocycles. The molecule has 0 amide bonds. The number of anilines is 1. The zero-order valence-electron chi connectivity index (χ0n) is 11.2. The van der Waals surface area contributed by atoms with Gasteiger partial charge >= 0.3 is 5.97 Å². The summed E-state index contributed by atoms with van der Waals surface area (Å²) in [5, 5.41) is 3.78. The van der Waals surface area contributed by atoms with Gasteiger partial charge in [0, 0.05) is 12.7 Å². The van der Waals surface area contributed by atoms with Crippen molar-refractivity contribution in [3.8, 4) is 0 Å². The fraction of sp³-hybridized carbons (Fsp3) is 0.583. The Balaban J connectivity index is 2.48. The van der Waals surface area contributed by atoms with Crippen LogP contribution in [0.2, 0.25) is 0 Å². The van der Waals surface area contributed by atoms with Crippen molar-refractivity contribution in [2.24, 2.45) is 0 Å². The van der Waals surface area contributed by atoms with E-state index in [1.54, 1.807) is 12.3 Å². The van der Waals surface area contributed by atoms with Crippen LogP contribution in [-0.4, -0.2) is 33.8 Å². The average Bonchev–Trinajstić information content (AvgIpc) is 2.25. The summed E-state index contributed by atoms with van der Waals surface area (Å²) in [5.41, 5.74) is -0.446. The molecule has 18 heavy (non-hydrogen) atoms. The topological polar surface area (TPSA) is 64.1 Å². The third-order valence-corrected chi connectivity index (χ3v) is 2.63. The first-order valence-electron chi connectivity index (χ1n) is 5.82. The third-order valence-electron chi connectivity index (χ3n) is 1.72. The number of nitrogens with zero attached hydrogens (tertiary/aromatic N) is 2. The van der Waals surface area contributed by atoms with Crippen molar-refractivity contribution in [2.45, 2.75) is 38.3 Å². The molecule has 1 aromatic heterocycles. The van der Waals surface area contributed by atoms with Gasteiger partial charge in [-0.2, -0.15) is 0 Å². The van der Waals surface area contributed by atoms with Crippen LogP contribution in [-0.2, 0) is 9.53 Å². The zero-order valence-corrected chi connectivity index (χ0v) is 12.0. The lowest BCUT2D eigenvalue weighted by molar-refractivity contribution is -0.151. The summed E-state index contributed by atoms with van der Waals surface area (Å²) in [4.78, 5) is 19.9. The Morgan fingerprint density at radius 2 is 2.22 bits per heavy atom. The van der Waals surface area contributed by atoms with Gasteiger partial charge in [0.05, 0.1) is 5.75 Å². The number of nitrogens with one attached hydrogen (secondary N) is 1. The van der Waals surface area contributed by atoms with Crippen LogP contribution in [0.4, 0.5) is 5.95 Å². The summed E-state index contributed by atoms with van der Waals surface area (Å²) >= 11 is 1.34. The molecule has 0 radical (unpaired) electrons. The standard InChI is InChI=1S/C12H19N3O2S/c1-5-13-11-14-7-6-9(15-11)18-8-10(16)17-12(2,3)4/h6-7H,5,8H2,1-4H3,(H,13,14,15). The Hall–Kier alpha value is -1.30. The number of carbonyl (C=O) groups excluding carboxylic acids is 1. The van der Waals surface area contributed by atoms with Crippen molar-refractivity contribution in [3.05, 3.63) is 12.3 Å². The Morgan fingerprint density at radius 3 is 2.83 bits per heavy atom. The summed E-state index contributed by atoms with van der Waals surface area (Å²) in [6.45, 7) is 8.29. The molecule has 1 aromatic rings. The van der Waals surface area contributed by atoms with Crippen LogP contribution >= 0.6 is 11.8 Å². The SMILES string of the molecule is CCNc1nccc(SCC(=O)OC(C)(C)C)n1. The van der Waals surface area contributed by atoms with Gasteiger partial charge in [-0.15, -0.1) is 0 Å². The summed E-state index contributed by atoms with van der Waals surface area (Å²) < 4.78 is 5.22. The largest absolute Gasteiger partial charge is 0.459 e. The molecule has 5 nitrogen and oxygen atoms in total. The zero-order chi connectivity index (χ0) is 13.6. The lowest BCUT2D eigenvalue weighted by Crippen LogP contribution is -2.24. The summed E-state index contributed by atoms with van der Waals surface area (Å²) in [5.74, 6) is 0.586. The maximum atomic E-state index is 11.5. The molecule has 1 N–H and O–H groups in total. The third kappa shape index (κ3) is 5.86. The molecule has 0 saturated heterocycles. The predicted molar refractivity (Wildman–Crippen MR) is 72.8 cm³/mol. The molecule has 100 valence electrons. The van der Waals surface area contributed by atoms with Crippen molar-refractivity contribution < 1.29 is 9.53 Å². The second-order valence-electron chi connectivity index (χ2n) is 4.62. The van der Waals surface area contributed by atoms with Gasteiger partial charge in [0.15, 0.2) is 0 Å². The average molecular weight is 269 g/mol. The number of rotatable bonds is 5. The first kappa shape index (κ1) is 14.8. The summed E-state index contributed by atoms with van der Waals surface area (Å²) in [6, 6.07) is 1.77. The molecule has 0 bridgehead atoms. The van der Waals surface area contributed by atoms with Gasteiger partial charge in [-0.3, -0.25) is 4.79 Å². The van der Waals surface area contributed by atoms with Crippen molar-refractivity contribution in [1.82, 2.24) is 9.97 Å². The highest BCUT2D eigenvalue weighted by Crippen LogP contribution is 2.17. The first-order chi connectivity index (χ1) is 8.40. The van der Waals surface area contributed by atoms with Crippen molar-refractivity contribution >= 4 is 23.7 Å². The molecule has 0 aliphatic rings. The number of carbonyl (C=O) groups is 1. The molecule has 0 aliphatic carbocycles. The monoisotopic (exact) mass is 269 g/mol. The van der Waals surface area contributed by atoms with Crippen LogP contribution < -0.4 is 5.32 Å². The van der Waals surface area contributed by atoms with E-state index in [-0.39, 0.29) is 11.7 Å². The fourth-order valence-electron chi connectivity index (χ4n) is 1.17. The number of thioether (sulfide) groups is 1. The van der Waals surface area contributed by atoms with Crippen LogP contribution in [0.15, 0.2) is 17.3 Å². The lowest BCUT2D eigenvalue weighted by atomic mass is 10.2. The molecule has 6 heteroatoms. The van der Waals surface area contributed by atoms with E-state index in [2.05, 4.69) is 15.3 Å². The van der Waals surface area contributed by atoms with E-state index >= 15 is 0 Å². The van der Waals surface area contributed by atoms with Crippen molar-refractivity contribution in [3.63, 3.8) is 0 Å². The van der Waals surface area contributed by atoms with Crippen LogP contribution in [0.25, 0.3) is 0 Å². The summed E-state index contributed by atoms with van der Waals surface area (Å²) in [7, 11) is 0. The van der Waals surface area contributed by atoms with Gasteiger partial charge in [-0.1, -0.05) is 11.8 Å². The van der Waals surface area contributed by atoms with Crippen molar-refractivity contribution in [1.29, 1.82) is 0 Å². The molecule has 0 saturated carbocycles. The molecular weight excluding hydrogens is 250 g/mol. The second kappa shape index (κ2) is 6.58. The highest BCUT2D eigenvalue weighted by molar-refractivity contribution is 7.99. The number of hydrogen-bond acceptors (Lipinski definition) is 6. The lowest BCUT2D eigenvalue weighted by Gasteiger charge is -2.19. The second-order valence-corrected chi connectivity index (χ2v) is 5.62. The molecule has 0 aromatic carbocycles. The molecule has 0 unspecified atom stereocenters. The Bertz CT molecular complexity index is 405. The minimum atomic E-state index is -0.446. The van der Waals surface area contributed by atoms with E-state index in [4.69, 9.17) is 4.74 Å². The van der Waals surface area contributed by atoms with Crippen LogP contribution in [0.3, 0.4) is 0 Å². The predicted octanol–water partition coefficient (Wildman–Crippen LogP) is 2.34. The van der Waals surface area contributed by atoms with E-state index < -0.39 is 5.60 Å². The normalized spacial score (nSPS) is 11.1. The smallest absolute Gasteiger partial charge is 0.316 e. The summed E-state index contributed by atoms with van der Waals surface area (Å²) in [6.07, 6.45) is 1.67. The van der Waals surface area contributed by atoms with Gasteiger partial charge in [0.2, 0.25) is 5.95 Å². The van der Waals surface area contributed by atoms with Crippen LogP contribution in [0.1, 0.15) is 27.7 Å². The highest BCUT2D eigenvalue weighted by Gasteiger charge is 2.16. The van der Waals surface area contributed by atoms with Gasteiger partial charge in [0.25, 0.3) is 0 Å². The van der Waals surface area contributed by atoms with Gasteiger partial charge in [-0.05, 0) is 33.8 Å². The van der Waals surface area contributed by atoms with Gasteiger partial charge < -0.3 is 10.1 Å². The quantitative estimate of drug-likeness (QED) is 0.503. The Kier molecular flexibility index (Phi) is 5.40. The van der Waals surface area contributed by atoms with E-state index in [9.17, 15) is 4.79 Å². The minimum Gasteiger partial charge on any atom is -0.459 e. The molecule has 1 rings (SSSR count). The number of hydrogen-bond donors (Lipinski definition) is 1. The molecule has 0 atom stereocenters. The number of esters is 1. The highest BCUT2D eigenvalue weighted by atomic mass is 32.2. The maximum Gasteiger partial charge on any atom is 0.316 e. The van der Waals surface area contributed by atoms with Crippen molar-refractivity contribution in [2.75, 3.05) is 17.6 Å². The van der Waals surface area contributed by atoms with Crippen LogP contribution in [0, 0.1) is 0 Å². The Labute approximate surface area is 112 Å². The molecular formula is C12H19N3O2S. The molecule has 1 heterocycles. The number of ether oxygens (including phenoxy) is 1. The fourth-order valence-corrected chi connectivity index (χ4v) is 1.80. The molecule has 0 fully saturated rings. The van der Waals surface area contributed by atoms with Gasteiger partial charge in [0.1, 0.15) is 10.6 Å². The molecule has 0 spiro atoms. The Morgan fingerprint density at radius 1 is 1.50 bits per heavy atom. The van der Waals surface area contributed by atoms with E-state index in [0.29, 0.717) is 5.95 Å². The van der Waals surface area contributed by atoms with Crippen LogP contribution in [0.5, 0.6) is 0 Å².